The van der Waals surface area contributed by atoms with Crippen molar-refractivity contribution in [2.75, 3.05) is 6.61 Å². The molecule has 0 fully saturated rings. The van der Waals surface area contributed by atoms with Crippen LogP contribution in [0.1, 0.15) is 23.0 Å². The summed E-state index contributed by atoms with van der Waals surface area (Å²) in [6.45, 7) is 1.92. The highest BCUT2D eigenvalue weighted by atomic mass is 35.5. The van der Waals surface area contributed by atoms with E-state index in [0.717, 1.165) is 0 Å². The van der Waals surface area contributed by atoms with Gasteiger partial charge in [-0.05, 0) is 43.3 Å². The maximum Gasteiger partial charge on any atom is 0.358 e. The lowest BCUT2D eigenvalue weighted by molar-refractivity contribution is 0.0519. The van der Waals surface area contributed by atoms with Crippen LogP contribution in [-0.4, -0.2) is 22.4 Å². The second-order valence-corrected chi connectivity index (χ2v) is 5.77. The molecule has 3 rings (SSSR count). The van der Waals surface area contributed by atoms with Crippen molar-refractivity contribution in [3.05, 3.63) is 70.6 Å². The molecule has 0 aliphatic heterocycles. The van der Waals surface area contributed by atoms with Gasteiger partial charge in [0.05, 0.1) is 23.6 Å². The Morgan fingerprint density at radius 2 is 2.12 bits per heavy atom. The number of hydrogen-bond donors (Lipinski definition) is 0. The second kappa shape index (κ2) is 7.38. The number of aromatic nitrogens is 2. The molecule has 0 unspecified atom stereocenters. The van der Waals surface area contributed by atoms with Gasteiger partial charge in [0.1, 0.15) is 11.9 Å². The van der Waals surface area contributed by atoms with Gasteiger partial charge in [-0.1, -0.05) is 23.7 Å². The summed E-state index contributed by atoms with van der Waals surface area (Å²) in [7, 11) is 0. The van der Waals surface area contributed by atoms with Crippen LogP contribution in [0.25, 0.3) is 16.9 Å². The summed E-state index contributed by atoms with van der Waals surface area (Å²) in [6, 6.07) is 14.4. The average Bonchev–Trinajstić information content (AvgIpc) is 3.08. The fraction of sp³-hybridized carbons (Fsp3) is 0.105. The Hall–Kier alpha value is -3.17. The first-order valence-corrected chi connectivity index (χ1v) is 8.14. The molecular weight excluding hydrogens is 357 g/mol. The first-order chi connectivity index (χ1) is 12.5. The molecule has 7 heteroatoms. The average molecular weight is 370 g/mol. The first-order valence-electron chi connectivity index (χ1n) is 7.76. The number of carbonyl (C=O) groups is 1. The first kappa shape index (κ1) is 17.6. The van der Waals surface area contributed by atoms with Gasteiger partial charge in [0.2, 0.25) is 0 Å². The van der Waals surface area contributed by atoms with Gasteiger partial charge in [-0.15, -0.1) is 0 Å². The maximum absolute atomic E-state index is 13.7. The van der Waals surface area contributed by atoms with Gasteiger partial charge >= 0.3 is 5.97 Å². The van der Waals surface area contributed by atoms with E-state index in [2.05, 4.69) is 5.10 Å². The molecule has 0 saturated heterocycles. The minimum Gasteiger partial charge on any atom is -0.461 e. The quantitative estimate of drug-likeness (QED) is 0.640. The lowest BCUT2D eigenvalue weighted by Gasteiger charge is -2.08. The number of rotatable bonds is 4. The molecule has 0 aliphatic rings. The van der Waals surface area contributed by atoms with Gasteiger partial charge in [0, 0.05) is 10.6 Å². The third-order valence-corrected chi connectivity index (χ3v) is 3.86. The van der Waals surface area contributed by atoms with E-state index in [-0.39, 0.29) is 17.9 Å². The van der Waals surface area contributed by atoms with Crippen LogP contribution < -0.4 is 0 Å². The summed E-state index contributed by atoms with van der Waals surface area (Å²) >= 11 is 6.07. The molecule has 0 N–H and O–H groups in total. The number of halogens is 2. The van der Waals surface area contributed by atoms with E-state index in [1.807, 2.05) is 6.07 Å². The van der Waals surface area contributed by atoms with E-state index in [4.69, 9.17) is 21.6 Å². The highest BCUT2D eigenvalue weighted by Gasteiger charge is 2.18. The van der Waals surface area contributed by atoms with Crippen LogP contribution in [-0.2, 0) is 4.74 Å². The van der Waals surface area contributed by atoms with E-state index in [1.54, 1.807) is 37.3 Å². The van der Waals surface area contributed by atoms with E-state index >= 15 is 0 Å². The summed E-state index contributed by atoms with van der Waals surface area (Å²) in [5.74, 6) is -1.20. The van der Waals surface area contributed by atoms with Crippen molar-refractivity contribution in [1.82, 2.24) is 9.78 Å². The molecule has 0 spiro atoms. The molecule has 1 aromatic heterocycles. The maximum atomic E-state index is 13.7. The summed E-state index contributed by atoms with van der Waals surface area (Å²) in [6.07, 6.45) is 0. The van der Waals surface area contributed by atoms with E-state index in [0.29, 0.717) is 22.0 Å². The molecular formula is C19H13ClFN3O2. The number of esters is 1. The Labute approximate surface area is 154 Å². The number of ether oxygens (including phenoxy) is 1. The molecule has 0 bridgehead atoms. The fourth-order valence-corrected chi connectivity index (χ4v) is 2.66. The van der Waals surface area contributed by atoms with Crippen LogP contribution >= 0.6 is 11.6 Å². The van der Waals surface area contributed by atoms with E-state index in [9.17, 15) is 9.18 Å². The van der Waals surface area contributed by atoms with Crippen molar-refractivity contribution >= 4 is 17.6 Å². The smallest absolute Gasteiger partial charge is 0.358 e. The number of nitriles is 1. The van der Waals surface area contributed by atoms with E-state index < -0.39 is 11.8 Å². The lowest BCUT2D eigenvalue weighted by atomic mass is 10.1. The molecule has 0 saturated carbocycles. The van der Waals surface area contributed by atoms with Gasteiger partial charge in [-0.25, -0.2) is 13.9 Å². The molecule has 5 nitrogen and oxygen atoms in total. The van der Waals surface area contributed by atoms with Crippen LogP contribution in [0.3, 0.4) is 0 Å². The second-order valence-electron chi connectivity index (χ2n) is 5.33. The van der Waals surface area contributed by atoms with Gasteiger partial charge in [0.25, 0.3) is 0 Å². The van der Waals surface area contributed by atoms with E-state index in [1.165, 1.54) is 22.9 Å². The van der Waals surface area contributed by atoms with Crippen molar-refractivity contribution in [3.8, 4) is 23.0 Å². The predicted molar refractivity (Wildman–Crippen MR) is 94.6 cm³/mol. The van der Waals surface area contributed by atoms with Crippen molar-refractivity contribution in [2.45, 2.75) is 6.92 Å². The van der Waals surface area contributed by atoms with Gasteiger partial charge in [-0.2, -0.15) is 10.4 Å². The topological polar surface area (TPSA) is 67.9 Å². The largest absolute Gasteiger partial charge is 0.461 e. The molecule has 26 heavy (non-hydrogen) atoms. The number of nitrogens with zero attached hydrogens (tertiary/aromatic N) is 3. The number of carbonyl (C=O) groups excluding carboxylic acids is 1. The number of hydrogen-bond acceptors (Lipinski definition) is 4. The monoisotopic (exact) mass is 369 g/mol. The Kier molecular flexibility index (Phi) is 5.01. The van der Waals surface area contributed by atoms with Crippen LogP contribution in [0, 0.1) is 17.1 Å². The molecule has 2 aromatic carbocycles. The summed E-state index contributed by atoms with van der Waals surface area (Å²) < 4.78 is 20.1. The third kappa shape index (κ3) is 3.44. The van der Waals surface area contributed by atoms with Crippen molar-refractivity contribution in [2.24, 2.45) is 0 Å². The zero-order valence-electron chi connectivity index (χ0n) is 13.7. The zero-order chi connectivity index (χ0) is 18.7. The van der Waals surface area contributed by atoms with Crippen LogP contribution in [0.2, 0.25) is 5.02 Å². The highest BCUT2D eigenvalue weighted by molar-refractivity contribution is 6.30. The normalized spacial score (nSPS) is 10.4. The Balaban J connectivity index is 2.19. The molecule has 0 aliphatic carbocycles. The van der Waals surface area contributed by atoms with Crippen LogP contribution in [0.4, 0.5) is 4.39 Å². The molecule has 0 atom stereocenters. The van der Waals surface area contributed by atoms with Crippen molar-refractivity contribution in [1.29, 1.82) is 5.26 Å². The molecule has 1 heterocycles. The molecule has 3 aromatic rings. The fourth-order valence-electron chi connectivity index (χ4n) is 2.47. The molecule has 0 radical (unpaired) electrons. The Morgan fingerprint density at radius 1 is 1.31 bits per heavy atom. The summed E-state index contributed by atoms with van der Waals surface area (Å²) in [5, 5.41) is 13.9. The SMILES string of the molecule is CCOC(=O)c1cc(-c2cccc(Cl)c2)n(-c2ccc(F)c(C#N)c2)n1. The molecule has 130 valence electrons. The van der Waals surface area contributed by atoms with Crippen LogP contribution in [0.15, 0.2) is 48.5 Å². The highest BCUT2D eigenvalue weighted by Crippen LogP contribution is 2.27. The third-order valence-electron chi connectivity index (χ3n) is 3.63. The van der Waals surface area contributed by atoms with Gasteiger partial charge in [-0.3, -0.25) is 0 Å². The zero-order valence-corrected chi connectivity index (χ0v) is 14.5. The lowest BCUT2D eigenvalue weighted by Crippen LogP contribution is -2.07. The summed E-state index contributed by atoms with van der Waals surface area (Å²) in [4.78, 5) is 12.1. The van der Waals surface area contributed by atoms with Gasteiger partial charge < -0.3 is 4.74 Å². The predicted octanol–water partition coefficient (Wildman–Crippen LogP) is 4.38. The van der Waals surface area contributed by atoms with Gasteiger partial charge in [0.15, 0.2) is 5.69 Å². The minimum absolute atomic E-state index is 0.102. The Bertz CT molecular complexity index is 1020. The minimum atomic E-state index is -0.627. The van der Waals surface area contributed by atoms with Crippen molar-refractivity contribution in [3.63, 3.8) is 0 Å². The Morgan fingerprint density at radius 3 is 2.81 bits per heavy atom. The molecule has 0 amide bonds. The van der Waals surface area contributed by atoms with Crippen molar-refractivity contribution < 1.29 is 13.9 Å². The van der Waals surface area contributed by atoms with Crippen LogP contribution in [0.5, 0.6) is 0 Å². The standard InChI is InChI=1S/C19H13ClFN3O2/c1-2-26-19(25)17-10-18(12-4-3-5-14(20)8-12)24(23-17)15-6-7-16(21)13(9-15)11-22/h3-10H,2H2,1H3. The summed E-state index contributed by atoms with van der Waals surface area (Å²) in [5.41, 5.74) is 1.69. The number of benzene rings is 2.